The number of benzene rings is 1. The first-order chi connectivity index (χ1) is 9.40. The van der Waals surface area contributed by atoms with E-state index in [1.54, 1.807) is 11.3 Å². The first kappa shape index (κ1) is 15.2. The van der Waals surface area contributed by atoms with E-state index in [1.807, 2.05) is 0 Å². The van der Waals surface area contributed by atoms with Crippen LogP contribution in [0, 0.1) is 6.92 Å². The standard InChI is InChI=1S/C17H24N2S/c1-12-6-5-7-13(8-12)9-14(10-18)16-19-15(11-20-16)17(2,3)4/h5-8,11,14H,9-10,18H2,1-4H3. The SMILES string of the molecule is Cc1cccc(CC(CN)c2nc(C(C)(C)C)cs2)c1. The minimum Gasteiger partial charge on any atom is -0.330 e. The van der Waals surface area contributed by atoms with E-state index in [-0.39, 0.29) is 5.41 Å². The zero-order valence-corrected chi connectivity index (χ0v) is 13.6. The lowest BCUT2D eigenvalue weighted by molar-refractivity contribution is 0.566. The Morgan fingerprint density at radius 3 is 2.60 bits per heavy atom. The molecule has 0 aliphatic rings. The smallest absolute Gasteiger partial charge is 0.0975 e. The summed E-state index contributed by atoms with van der Waals surface area (Å²) in [6.45, 7) is 9.37. The Morgan fingerprint density at radius 2 is 2.05 bits per heavy atom. The van der Waals surface area contributed by atoms with Gasteiger partial charge in [0, 0.05) is 23.3 Å². The summed E-state index contributed by atoms with van der Waals surface area (Å²) in [6.07, 6.45) is 0.968. The van der Waals surface area contributed by atoms with Crippen LogP contribution < -0.4 is 5.73 Å². The van der Waals surface area contributed by atoms with Gasteiger partial charge in [-0.3, -0.25) is 0 Å². The Kier molecular flexibility index (Phi) is 4.61. The zero-order chi connectivity index (χ0) is 14.8. The molecule has 1 heterocycles. The first-order valence-corrected chi connectivity index (χ1v) is 7.99. The molecule has 0 amide bonds. The van der Waals surface area contributed by atoms with Crippen LogP contribution >= 0.6 is 11.3 Å². The fourth-order valence-electron chi connectivity index (χ4n) is 2.21. The fraction of sp³-hybridized carbons (Fsp3) is 0.471. The minimum absolute atomic E-state index is 0.108. The maximum atomic E-state index is 5.98. The molecule has 0 bridgehead atoms. The van der Waals surface area contributed by atoms with Crippen LogP contribution in [-0.2, 0) is 11.8 Å². The van der Waals surface area contributed by atoms with Crippen LogP contribution in [-0.4, -0.2) is 11.5 Å². The number of hydrogen-bond acceptors (Lipinski definition) is 3. The third-order valence-electron chi connectivity index (χ3n) is 3.49. The Morgan fingerprint density at radius 1 is 1.30 bits per heavy atom. The molecule has 20 heavy (non-hydrogen) atoms. The monoisotopic (exact) mass is 288 g/mol. The van der Waals surface area contributed by atoms with Gasteiger partial charge in [0.15, 0.2) is 0 Å². The molecule has 0 spiro atoms. The molecular weight excluding hydrogens is 264 g/mol. The number of thiazole rings is 1. The second-order valence-corrected chi connectivity index (χ2v) is 7.34. The molecular formula is C17H24N2S. The molecule has 0 saturated carbocycles. The summed E-state index contributed by atoms with van der Waals surface area (Å²) < 4.78 is 0. The van der Waals surface area contributed by atoms with Crippen LogP contribution in [0.1, 0.15) is 48.5 Å². The van der Waals surface area contributed by atoms with Gasteiger partial charge in [-0.1, -0.05) is 50.6 Å². The summed E-state index contributed by atoms with van der Waals surface area (Å²) in [5.74, 6) is 0.317. The Labute approximate surface area is 126 Å². The van der Waals surface area contributed by atoms with Gasteiger partial charge in [-0.2, -0.15) is 0 Å². The number of aryl methyl sites for hydroxylation is 1. The van der Waals surface area contributed by atoms with E-state index in [1.165, 1.54) is 21.8 Å². The topological polar surface area (TPSA) is 38.9 Å². The van der Waals surface area contributed by atoms with Gasteiger partial charge in [-0.05, 0) is 18.9 Å². The van der Waals surface area contributed by atoms with Gasteiger partial charge >= 0.3 is 0 Å². The minimum atomic E-state index is 0.108. The molecule has 1 atom stereocenters. The molecule has 2 rings (SSSR count). The predicted molar refractivity (Wildman–Crippen MR) is 87.5 cm³/mol. The van der Waals surface area contributed by atoms with E-state index in [0.717, 1.165) is 6.42 Å². The lowest BCUT2D eigenvalue weighted by Crippen LogP contribution is -2.16. The average molecular weight is 288 g/mol. The second kappa shape index (κ2) is 6.06. The van der Waals surface area contributed by atoms with Crippen LogP contribution in [0.2, 0.25) is 0 Å². The Hall–Kier alpha value is -1.19. The summed E-state index contributed by atoms with van der Waals surface area (Å²) in [7, 11) is 0. The number of nitrogens with zero attached hydrogens (tertiary/aromatic N) is 1. The van der Waals surface area contributed by atoms with Gasteiger partial charge in [0.2, 0.25) is 0 Å². The average Bonchev–Trinajstić information content (AvgIpc) is 2.85. The highest BCUT2D eigenvalue weighted by atomic mass is 32.1. The van der Waals surface area contributed by atoms with Crippen molar-refractivity contribution in [3.8, 4) is 0 Å². The van der Waals surface area contributed by atoms with Gasteiger partial charge < -0.3 is 5.73 Å². The van der Waals surface area contributed by atoms with E-state index in [9.17, 15) is 0 Å². The largest absolute Gasteiger partial charge is 0.330 e. The maximum Gasteiger partial charge on any atom is 0.0975 e. The Bertz CT molecular complexity index is 566. The van der Waals surface area contributed by atoms with Crippen molar-refractivity contribution in [1.29, 1.82) is 0 Å². The molecule has 3 heteroatoms. The van der Waals surface area contributed by atoms with Crippen LogP contribution in [0.5, 0.6) is 0 Å². The molecule has 0 fully saturated rings. The van der Waals surface area contributed by atoms with Crippen LogP contribution in [0.3, 0.4) is 0 Å². The van der Waals surface area contributed by atoms with Crippen molar-refractivity contribution in [2.24, 2.45) is 5.73 Å². The number of aromatic nitrogens is 1. The van der Waals surface area contributed by atoms with Gasteiger partial charge in [0.25, 0.3) is 0 Å². The summed E-state index contributed by atoms with van der Waals surface area (Å²) in [5, 5.41) is 3.34. The summed E-state index contributed by atoms with van der Waals surface area (Å²) in [5.41, 5.74) is 9.89. The van der Waals surface area contributed by atoms with Crippen LogP contribution in [0.15, 0.2) is 29.6 Å². The summed E-state index contributed by atoms with van der Waals surface area (Å²) in [6, 6.07) is 8.65. The molecule has 108 valence electrons. The molecule has 1 aromatic heterocycles. The second-order valence-electron chi connectivity index (χ2n) is 6.45. The van der Waals surface area contributed by atoms with E-state index in [0.29, 0.717) is 12.5 Å². The van der Waals surface area contributed by atoms with Crippen molar-refractivity contribution in [2.75, 3.05) is 6.54 Å². The third kappa shape index (κ3) is 3.68. The van der Waals surface area contributed by atoms with E-state index in [2.05, 4.69) is 57.3 Å². The maximum absolute atomic E-state index is 5.98. The highest BCUT2D eigenvalue weighted by molar-refractivity contribution is 7.09. The van der Waals surface area contributed by atoms with Crippen LogP contribution in [0.25, 0.3) is 0 Å². The lowest BCUT2D eigenvalue weighted by Gasteiger charge is -2.16. The van der Waals surface area contributed by atoms with Gasteiger partial charge in [0.1, 0.15) is 0 Å². The van der Waals surface area contributed by atoms with Gasteiger partial charge in [-0.25, -0.2) is 4.98 Å². The van der Waals surface area contributed by atoms with Crippen molar-refractivity contribution in [3.05, 3.63) is 51.5 Å². The van der Waals surface area contributed by atoms with E-state index < -0.39 is 0 Å². The Balaban J connectivity index is 2.18. The third-order valence-corrected chi connectivity index (χ3v) is 4.50. The fourth-order valence-corrected chi connectivity index (χ4v) is 3.38. The normalized spacial score (nSPS) is 13.4. The van der Waals surface area contributed by atoms with Crippen molar-refractivity contribution >= 4 is 11.3 Å². The van der Waals surface area contributed by atoms with E-state index >= 15 is 0 Å². The molecule has 0 aliphatic carbocycles. The van der Waals surface area contributed by atoms with Crippen molar-refractivity contribution in [3.63, 3.8) is 0 Å². The molecule has 1 aromatic carbocycles. The molecule has 2 aromatic rings. The first-order valence-electron chi connectivity index (χ1n) is 7.11. The molecule has 0 radical (unpaired) electrons. The van der Waals surface area contributed by atoms with Crippen LogP contribution in [0.4, 0.5) is 0 Å². The molecule has 2 nitrogen and oxygen atoms in total. The quantitative estimate of drug-likeness (QED) is 0.922. The van der Waals surface area contributed by atoms with Gasteiger partial charge in [-0.15, -0.1) is 11.3 Å². The predicted octanol–water partition coefficient (Wildman–Crippen LogP) is 4.03. The highest BCUT2D eigenvalue weighted by Gasteiger charge is 2.21. The highest BCUT2D eigenvalue weighted by Crippen LogP contribution is 2.29. The summed E-state index contributed by atoms with van der Waals surface area (Å²) in [4.78, 5) is 4.81. The molecule has 2 N–H and O–H groups in total. The zero-order valence-electron chi connectivity index (χ0n) is 12.8. The van der Waals surface area contributed by atoms with E-state index in [4.69, 9.17) is 10.7 Å². The molecule has 0 saturated heterocycles. The summed E-state index contributed by atoms with van der Waals surface area (Å²) >= 11 is 1.74. The van der Waals surface area contributed by atoms with Gasteiger partial charge in [0.05, 0.1) is 10.7 Å². The van der Waals surface area contributed by atoms with Crippen molar-refractivity contribution < 1.29 is 0 Å². The van der Waals surface area contributed by atoms with Crippen molar-refractivity contribution in [2.45, 2.75) is 45.4 Å². The number of rotatable bonds is 4. The van der Waals surface area contributed by atoms with Crippen molar-refractivity contribution in [1.82, 2.24) is 4.98 Å². The lowest BCUT2D eigenvalue weighted by atomic mass is 9.93. The number of hydrogen-bond donors (Lipinski definition) is 1. The molecule has 1 unspecified atom stereocenters. The molecule has 0 aliphatic heterocycles. The number of nitrogens with two attached hydrogens (primary N) is 1.